The molecule has 1 saturated heterocycles. The van der Waals surface area contributed by atoms with Gasteiger partial charge < -0.3 is 10.2 Å². The van der Waals surface area contributed by atoms with Crippen molar-refractivity contribution >= 4 is 0 Å². The molecule has 1 heterocycles. The van der Waals surface area contributed by atoms with Gasteiger partial charge in [0.2, 0.25) is 0 Å². The van der Waals surface area contributed by atoms with E-state index in [9.17, 15) is 0 Å². The van der Waals surface area contributed by atoms with Crippen molar-refractivity contribution in [3.63, 3.8) is 0 Å². The highest BCUT2D eigenvalue weighted by Gasteiger charge is 2.30. The smallest absolute Gasteiger partial charge is 0.0192 e. The molecule has 0 aromatic heterocycles. The summed E-state index contributed by atoms with van der Waals surface area (Å²) in [4.78, 5) is 5.14. The molecule has 0 amide bonds. The molecule has 0 aliphatic carbocycles. The highest BCUT2D eigenvalue weighted by atomic mass is 15.3. The number of likely N-dealkylation sites (N-methyl/N-ethyl adjacent to an activating group) is 1. The standard InChI is InChI=1S/C17H37N3/c1-8-9-17(6,13-18-16(3,4)5)14-20-11-10-19(7)15(2)12-20/h15,18H,8-14H2,1-7H3. The van der Waals surface area contributed by atoms with Crippen LogP contribution in [0.5, 0.6) is 0 Å². The zero-order valence-electron chi connectivity index (χ0n) is 14.9. The molecule has 0 saturated carbocycles. The van der Waals surface area contributed by atoms with Crippen LogP contribution in [0.4, 0.5) is 0 Å². The molecule has 0 aromatic carbocycles. The Kier molecular flexibility index (Phi) is 6.49. The van der Waals surface area contributed by atoms with Crippen molar-refractivity contribution in [1.82, 2.24) is 15.1 Å². The van der Waals surface area contributed by atoms with Crippen LogP contribution in [-0.4, -0.2) is 61.2 Å². The molecule has 0 bridgehead atoms. The Labute approximate surface area is 127 Å². The zero-order chi connectivity index (χ0) is 15.4. The SMILES string of the molecule is CCCC(C)(CNC(C)(C)C)CN1CCN(C)C(C)C1. The highest BCUT2D eigenvalue weighted by molar-refractivity contribution is 4.87. The first-order chi connectivity index (χ1) is 9.15. The second kappa shape index (κ2) is 7.24. The molecule has 120 valence electrons. The Morgan fingerprint density at radius 3 is 2.30 bits per heavy atom. The van der Waals surface area contributed by atoms with Crippen molar-refractivity contribution in [2.75, 3.05) is 39.8 Å². The monoisotopic (exact) mass is 283 g/mol. The average Bonchev–Trinajstić information content (AvgIpc) is 2.31. The first kappa shape index (κ1) is 17.9. The van der Waals surface area contributed by atoms with Gasteiger partial charge in [-0.25, -0.2) is 0 Å². The molecule has 1 aliphatic rings. The van der Waals surface area contributed by atoms with Crippen LogP contribution >= 0.6 is 0 Å². The number of nitrogens with one attached hydrogen (secondary N) is 1. The Bertz CT molecular complexity index is 284. The zero-order valence-corrected chi connectivity index (χ0v) is 14.9. The van der Waals surface area contributed by atoms with Gasteiger partial charge in [-0.3, -0.25) is 4.90 Å². The molecule has 3 nitrogen and oxygen atoms in total. The van der Waals surface area contributed by atoms with Crippen molar-refractivity contribution in [2.45, 2.75) is 66.0 Å². The minimum atomic E-state index is 0.213. The van der Waals surface area contributed by atoms with Gasteiger partial charge in [0.15, 0.2) is 0 Å². The van der Waals surface area contributed by atoms with Crippen molar-refractivity contribution in [3.05, 3.63) is 0 Å². The lowest BCUT2D eigenvalue weighted by atomic mass is 9.83. The van der Waals surface area contributed by atoms with Crippen LogP contribution < -0.4 is 5.32 Å². The molecule has 2 unspecified atom stereocenters. The fourth-order valence-corrected chi connectivity index (χ4v) is 3.11. The third-order valence-corrected chi connectivity index (χ3v) is 4.55. The largest absolute Gasteiger partial charge is 0.311 e. The van der Waals surface area contributed by atoms with E-state index in [-0.39, 0.29) is 5.54 Å². The maximum absolute atomic E-state index is 3.72. The minimum Gasteiger partial charge on any atom is -0.311 e. The van der Waals surface area contributed by atoms with Gasteiger partial charge in [-0.15, -0.1) is 0 Å². The number of hydrogen-bond donors (Lipinski definition) is 1. The molecule has 1 aliphatic heterocycles. The lowest BCUT2D eigenvalue weighted by Crippen LogP contribution is -2.54. The third kappa shape index (κ3) is 6.11. The Hall–Kier alpha value is -0.120. The number of hydrogen-bond acceptors (Lipinski definition) is 3. The summed E-state index contributed by atoms with van der Waals surface area (Å²) in [6.45, 7) is 19.9. The topological polar surface area (TPSA) is 18.5 Å². The summed E-state index contributed by atoms with van der Waals surface area (Å²) in [5, 5.41) is 3.72. The van der Waals surface area contributed by atoms with Crippen molar-refractivity contribution in [2.24, 2.45) is 5.41 Å². The molecular formula is C17H37N3. The molecular weight excluding hydrogens is 246 g/mol. The summed E-state index contributed by atoms with van der Waals surface area (Å²) >= 11 is 0. The Balaban J connectivity index is 2.57. The van der Waals surface area contributed by atoms with Gasteiger partial charge >= 0.3 is 0 Å². The van der Waals surface area contributed by atoms with Crippen LogP contribution in [-0.2, 0) is 0 Å². The highest BCUT2D eigenvalue weighted by Crippen LogP contribution is 2.26. The fourth-order valence-electron chi connectivity index (χ4n) is 3.11. The Morgan fingerprint density at radius 2 is 1.80 bits per heavy atom. The van der Waals surface area contributed by atoms with E-state index in [0.29, 0.717) is 11.5 Å². The van der Waals surface area contributed by atoms with E-state index in [4.69, 9.17) is 0 Å². The van der Waals surface area contributed by atoms with Gasteiger partial charge in [-0.1, -0.05) is 20.3 Å². The lowest BCUT2D eigenvalue weighted by molar-refractivity contribution is 0.0637. The van der Waals surface area contributed by atoms with Gasteiger partial charge in [0.05, 0.1) is 0 Å². The van der Waals surface area contributed by atoms with Crippen LogP contribution in [0.15, 0.2) is 0 Å². The summed E-state index contributed by atoms with van der Waals surface area (Å²) in [6, 6.07) is 0.685. The van der Waals surface area contributed by atoms with E-state index < -0.39 is 0 Å². The molecule has 0 spiro atoms. The maximum atomic E-state index is 3.72. The van der Waals surface area contributed by atoms with Crippen LogP contribution in [0.25, 0.3) is 0 Å². The van der Waals surface area contributed by atoms with Crippen LogP contribution in [0.2, 0.25) is 0 Å². The summed E-state index contributed by atoms with van der Waals surface area (Å²) in [5.41, 5.74) is 0.599. The van der Waals surface area contributed by atoms with Crippen molar-refractivity contribution in [3.8, 4) is 0 Å². The summed E-state index contributed by atoms with van der Waals surface area (Å²) in [5.74, 6) is 0. The third-order valence-electron chi connectivity index (χ3n) is 4.55. The van der Waals surface area contributed by atoms with Crippen molar-refractivity contribution < 1.29 is 0 Å². The van der Waals surface area contributed by atoms with Gasteiger partial charge in [-0.2, -0.15) is 0 Å². The second-order valence-corrected chi connectivity index (χ2v) is 8.23. The maximum Gasteiger partial charge on any atom is 0.0192 e. The first-order valence-corrected chi connectivity index (χ1v) is 8.33. The van der Waals surface area contributed by atoms with Gasteiger partial charge in [0, 0.05) is 44.3 Å². The number of rotatable bonds is 6. The molecule has 1 N–H and O–H groups in total. The summed E-state index contributed by atoms with van der Waals surface area (Å²) in [6.07, 6.45) is 2.57. The van der Waals surface area contributed by atoms with E-state index >= 15 is 0 Å². The lowest BCUT2D eigenvalue weighted by Gasteiger charge is -2.43. The molecule has 0 radical (unpaired) electrons. The van der Waals surface area contributed by atoms with Crippen LogP contribution in [0.1, 0.15) is 54.4 Å². The normalized spacial score (nSPS) is 25.6. The first-order valence-electron chi connectivity index (χ1n) is 8.33. The fraction of sp³-hybridized carbons (Fsp3) is 1.00. The predicted octanol–water partition coefficient (Wildman–Crippen LogP) is 2.82. The van der Waals surface area contributed by atoms with Crippen LogP contribution in [0, 0.1) is 5.41 Å². The van der Waals surface area contributed by atoms with Crippen molar-refractivity contribution in [1.29, 1.82) is 0 Å². The summed E-state index contributed by atoms with van der Waals surface area (Å²) < 4.78 is 0. The van der Waals surface area contributed by atoms with E-state index in [2.05, 4.69) is 63.7 Å². The van der Waals surface area contributed by atoms with Crippen LogP contribution in [0.3, 0.4) is 0 Å². The molecule has 2 atom stereocenters. The summed E-state index contributed by atoms with van der Waals surface area (Å²) in [7, 11) is 2.24. The van der Waals surface area contributed by atoms with E-state index in [0.717, 1.165) is 6.54 Å². The number of nitrogens with zero attached hydrogens (tertiary/aromatic N) is 2. The second-order valence-electron chi connectivity index (χ2n) is 8.23. The quantitative estimate of drug-likeness (QED) is 0.809. The van der Waals surface area contributed by atoms with Gasteiger partial charge in [-0.05, 0) is 46.6 Å². The average molecular weight is 284 g/mol. The molecule has 1 fully saturated rings. The minimum absolute atomic E-state index is 0.213. The predicted molar refractivity (Wildman–Crippen MR) is 89.3 cm³/mol. The molecule has 0 aromatic rings. The van der Waals surface area contributed by atoms with E-state index in [1.165, 1.54) is 39.0 Å². The number of piperazine rings is 1. The van der Waals surface area contributed by atoms with E-state index in [1.807, 2.05) is 0 Å². The molecule has 20 heavy (non-hydrogen) atoms. The van der Waals surface area contributed by atoms with Gasteiger partial charge in [0.1, 0.15) is 0 Å². The molecule has 3 heteroatoms. The van der Waals surface area contributed by atoms with Gasteiger partial charge in [0.25, 0.3) is 0 Å². The van der Waals surface area contributed by atoms with E-state index in [1.54, 1.807) is 0 Å². The molecule has 1 rings (SSSR count). The Morgan fingerprint density at radius 1 is 1.15 bits per heavy atom.